The summed E-state index contributed by atoms with van der Waals surface area (Å²) in [5.41, 5.74) is 0.437. The van der Waals surface area contributed by atoms with Crippen molar-refractivity contribution in [1.82, 2.24) is 0 Å². The largest absolute Gasteiger partial charge is 0.393 e. The van der Waals surface area contributed by atoms with Gasteiger partial charge in [0.15, 0.2) is 0 Å². The molecule has 0 bridgehead atoms. The van der Waals surface area contributed by atoms with Crippen LogP contribution in [0.5, 0.6) is 0 Å². The third kappa shape index (κ3) is 5.31. The van der Waals surface area contributed by atoms with Crippen LogP contribution in [0.15, 0.2) is 0 Å². The maximum atomic E-state index is 9.16. The Morgan fingerprint density at radius 1 is 1.38 bits per heavy atom. The van der Waals surface area contributed by atoms with E-state index in [0.717, 1.165) is 25.4 Å². The summed E-state index contributed by atoms with van der Waals surface area (Å²) in [5.74, 6) is 0.783. The van der Waals surface area contributed by atoms with Crippen LogP contribution in [0, 0.1) is 11.3 Å². The van der Waals surface area contributed by atoms with Crippen molar-refractivity contribution >= 4 is 0 Å². The Labute approximate surface area is 100 Å². The van der Waals surface area contributed by atoms with Crippen molar-refractivity contribution in [2.75, 3.05) is 6.61 Å². The quantitative estimate of drug-likeness (QED) is 0.731. The van der Waals surface area contributed by atoms with E-state index in [-0.39, 0.29) is 6.10 Å². The molecule has 3 atom stereocenters. The first-order valence-corrected chi connectivity index (χ1v) is 6.69. The number of hydrogen-bond donors (Lipinski definition) is 1. The Morgan fingerprint density at radius 3 is 2.62 bits per heavy atom. The second kappa shape index (κ2) is 6.02. The van der Waals surface area contributed by atoms with Crippen LogP contribution in [0.4, 0.5) is 0 Å². The van der Waals surface area contributed by atoms with E-state index in [2.05, 4.69) is 20.8 Å². The maximum absolute atomic E-state index is 9.16. The standard InChI is InChI=1S/C14H28O2/c1-11-8-13(10-14(3,4)9-11)16-7-5-6-12(2)15/h11-13,15H,5-10H2,1-4H3. The van der Waals surface area contributed by atoms with Crippen molar-refractivity contribution < 1.29 is 9.84 Å². The monoisotopic (exact) mass is 228 g/mol. The highest BCUT2D eigenvalue weighted by atomic mass is 16.5. The number of aliphatic hydroxyl groups excluding tert-OH is 1. The van der Waals surface area contributed by atoms with Crippen molar-refractivity contribution in [2.45, 2.75) is 72.0 Å². The van der Waals surface area contributed by atoms with Gasteiger partial charge < -0.3 is 9.84 Å². The van der Waals surface area contributed by atoms with Crippen molar-refractivity contribution in [2.24, 2.45) is 11.3 Å². The molecule has 0 saturated heterocycles. The molecule has 2 heteroatoms. The van der Waals surface area contributed by atoms with E-state index in [1.54, 1.807) is 0 Å². The van der Waals surface area contributed by atoms with E-state index in [1.807, 2.05) is 6.92 Å². The van der Waals surface area contributed by atoms with Gasteiger partial charge >= 0.3 is 0 Å². The zero-order valence-corrected chi connectivity index (χ0v) is 11.3. The molecule has 3 unspecified atom stereocenters. The molecule has 1 rings (SSSR count). The Kier molecular flexibility index (Phi) is 5.26. The lowest BCUT2D eigenvalue weighted by atomic mass is 9.71. The third-order valence-corrected chi connectivity index (χ3v) is 3.47. The summed E-state index contributed by atoms with van der Waals surface area (Å²) in [6, 6.07) is 0. The van der Waals surface area contributed by atoms with Gasteiger partial charge in [0.05, 0.1) is 12.2 Å². The van der Waals surface area contributed by atoms with Crippen LogP contribution in [0.2, 0.25) is 0 Å². The minimum Gasteiger partial charge on any atom is -0.393 e. The summed E-state index contributed by atoms with van der Waals surface area (Å²) < 4.78 is 5.93. The van der Waals surface area contributed by atoms with Crippen LogP contribution in [0.25, 0.3) is 0 Å². The number of ether oxygens (including phenoxy) is 1. The summed E-state index contributed by atoms with van der Waals surface area (Å²) in [6.07, 6.45) is 5.79. The van der Waals surface area contributed by atoms with E-state index in [9.17, 15) is 0 Å². The van der Waals surface area contributed by atoms with Gasteiger partial charge in [0.1, 0.15) is 0 Å². The van der Waals surface area contributed by atoms with Crippen LogP contribution in [-0.2, 0) is 4.74 Å². The third-order valence-electron chi connectivity index (χ3n) is 3.47. The van der Waals surface area contributed by atoms with Crippen LogP contribution < -0.4 is 0 Å². The molecule has 0 aromatic rings. The molecule has 0 spiro atoms. The lowest BCUT2D eigenvalue weighted by Gasteiger charge is -2.38. The SMILES string of the molecule is CC(O)CCCOC1CC(C)CC(C)(C)C1. The van der Waals surface area contributed by atoms with Gasteiger partial charge in [0.25, 0.3) is 0 Å². The van der Waals surface area contributed by atoms with Gasteiger partial charge in [-0.15, -0.1) is 0 Å². The molecule has 0 heterocycles. The second-order valence-electron chi connectivity index (χ2n) is 6.40. The molecule has 1 N–H and O–H groups in total. The molecule has 0 amide bonds. The lowest BCUT2D eigenvalue weighted by Crippen LogP contribution is -2.32. The molecule has 16 heavy (non-hydrogen) atoms. The minimum absolute atomic E-state index is 0.190. The topological polar surface area (TPSA) is 29.5 Å². The Morgan fingerprint density at radius 2 is 2.06 bits per heavy atom. The zero-order valence-electron chi connectivity index (χ0n) is 11.3. The smallest absolute Gasteiger partial charge is 0.0582 e. The summed E-state index contributed by atoms with van der Waals surface area (Å²) in [5, 5.41) is 9.16. The lowest BCUT2D eigenvalue weighted by molar-refractivity contribution is -0.0260. The summed E-state index contributed by atoms with van der Waals surface area (Å²) in [7, 11) is 0. The van der Waals surface area contributed by atoms with Crippen molar-refractivity contribution in [3.05, 3.63) is 0 Å². The average Bonchev–Trinajstić information content (AvgIpc) is 2.08. The van der Waals surface area contributed by atoms with Crippen LogP contribution in [0.1, 0.15) is 59.8 Å². The summed E-state index contributed by atoms with van der Waals surface area (Å²) in [6.45, 7) is 9.65. The molecule has 0 aromatic heterocycles. The Balaban J connectivity index is 2.21. The Bertz CT molecular complexity index is 199. The Hall–Kier alpha value is -0.0800. The molecule has 1 aliphatic carbocycles. The van der Waals surface area contributed by atoms with Crippen molar-refractivity contribution in [1.29, 1.82) is 0 Å². The molecule has 96 valence electrons. The molecule has 0 radical (unpaired) electrons. The fourth-order valence-electron chi connectivity index (χ4n) is 3.01. The second-order valence-corrected chi connectivity index (χ2v) is 6.40. The molecule has 2 nitrogen and oxygen atoms in total. The fraction of sp³-hybridized carbons (Fsp3) is 1.00. The van der Waals surface area contributed by atoms with E-state index < -0.39 is 0 Å². The molecule has 0 aromatic carbocycles. The van der Waals surface area contributed by atoms with Crippen LogP contribution >= 0.6 is 0 Å². The molecule has 1 saturated carbocycles. The highest BCUT2D eigenvalue weighted by Crippen LogP contribution is 2.39. The highest BCUT2D eigenvalue weighted by Gasteiger charge is 2.32. The van der Waals surface area contributed by atoms with Crippen LogP contribution in [-0.4, -0.2) is 23.9 Å². The molecular formula is C14H28O2. The minimum atomic E-state index is -0.190. The first-order valence-electron chi connectivity index (χ1n) is 6.69. The summed E-state index contributed by atoms with van der Waals surface area (Å²) in [4.78, 5) is 0. The first kappa shape index (κ1) is 14.0. The number of hydrogen-bond acceptors (Lipinski definition) is 2. The van der Waals surface area contributed by atoms with Gasteiger partial charge in [-0.3, -0.25) is 0 Å². The van der Waals surface area contributed by atoms with Crippen molar-refractivity contribution in [3.63, 3.8) is 0 Å². The molecular weight excluding hydrogens is 200 g/mol. The highest BCUT2D eigenvalue weighted by molar-refractivity contribution is 4.83. The van der Waals surface area contributed by atoms with Gasteiger partial charge in [-0.2, -0.15) is 0 Å². The van der Waals surface area contributed by atoms with Gasteiger partial charge in [-0.1, -0.05) is 20.8 Å². The molecule has 0 aliphatic heterocycles. The van der Waals surface area contributed by atoms with E-state index in [4.69, 9.17) is 9.84 Å². The molecule has 1 aliphatic rings. The summed E-state index contributed by atoms with van der Waals surface area (Å²) >= 11 is 0. The fourth-order valence-corrected chi connectivity index (χ4v) is 3.01. The first-order chi connectivity index (χ1) is 7.39. The van der Waals surface area contributed by atoms with Gasteiger partial charge in [0.2, 0.25) is 0 Å². The number of rotatable bonds is 5. The zero-order chi connectivity index (χ0) is 12.2. The van der Waals surface area contributed by atoms with Gasteiger partial charge in [-0.25, -0.2) is 0 Å². The van der Waals surface area contributed by atoms with Crippen molar-refractivity contribution in [3.8, 4) is 0 Å². The van der Waals surface area contributed by atoms with Gasteiger partial charge in [0, 0.05) is 6.61 Å². The predicted octanol–water partition coefficient (Wildman–Crippen LogP) is 3.38. The van der Waals surface area contributed by atoms with E-state index in [0.29, 0.717) is 11.5 Å². The average molecular weight is 228 g/mol. The van der Waals surface area contributed by atoms with Crippen LogP contribution in [0.3, 0.4) is 0 Å². The maximum Gasteiger partial charge on any atom is 0.0582 e. The van der Waals surface area contributed by atoms with E-state index >= 15 is 0 Å². The predicted molar refractivity (Wildman–Crippen MR) is 67.5 cm³/mol. The molecule has 1 fully saturated rings. The van der Waals surface area contributed by atoms with Gasteiger partial charge in [-0.05, 0) is 50.4 Å². The van der Waals surface area contributed by atoms with E-state index in [1.165, 1.54) is 19.3 Å². The normalized spacial score (nSPS) is 31.3. The number of aliphatic hydroxyl groups is 1.